The molecule has 0 bridgehead atoms. The highest BCUT2D eigenvalue weighted by atomic mass is 32.2. The van der Waals surface area contributed by atoms with Crippen LogP contribution in [0.2, 0.25) is 0 Å². The van der Waals surface area contributed by atoms with E-state index in [2.05, 4.69) is 0 Å². The maximum Gasteiger partial charge on any atom is 0.361 e. The molecule has 3 rings (SSSR count). The van der Waals surface area contributed by atoms with E-state index < -0.39 is 15.0 Å². The Hall–Kier alpha value is -1.69. The van der Waals surface area contributed by atoms with Crippen LogP contribution in [0.3, 0.4) is 0 Å². The number of hydrogen-bond acceptors (Lipinski definition) is 4. The fourth-order valence-electron chi connectivity index (χ4n) is 1.78. The molecule has 1 saturated heterocycles. The molecule has 0 aromatic heterocycles. The van der Waals surface area contributed by atoms with Crippen molar-refractivity contribution in [1.29, 1.82) is 0 Å². The minimum atomic E-state index is -3.72. The molecular weight excluding hydrogens is 252 g/mol. The molecule has 1 heterocycles. The fraction of sp³-hybridized carbons (Fsp3) is 0.0769. The van der Waals surface area contributed by atoms with Gasteiger partial charge in [0.05, 0.1) is 4.90 Å². The zero-order valence-corrected chi connectivity index (χ0v) is 10.1. The van der Waals surface area contributed by atoms with Gasteiger partial charge in [0.25, 0.3) is 0 Å². The van der Waals surface area contributed by atoms with E-state index in [1.165, 1.54) is 12.1 Å². The monoisotopic (exact) mass is 262 g/mol. The standard InChI is InChI=1S/C13H10O4S/c14-18(15,12-9-5-2-6-10-12)13(16-17-13)11-7-3-1-4-8-11/h1-10H. The lowest BCUT2D eigenvalue weighted by Crippen LogP contribution is -2.22. The molecule has 0 aliphatic carbocycles. The van der Waals surface area contributed by atoms with Crippen molar-refractivity contribution in [3.8, 4) is 0 Å². The largest absolute Gasteiger partial charge is 0.361 e. The van der Waals surface area contributed by atoms with E-state index in [0.29, 0.717) is 5.56 Å². The number of benzene rings is 2. The van der Waals surface area contributed by atoms with Gasteiger partial charge in [-0.2, -0.15) is 9.78 Å². The summed E-state index contributed by atoms with van der Waals surface area (Å²) in [5, 5.41) is -1.68. The first-order chi connectivity index (χ1) is 8.67. The van der Waals surface area contributed by atoms with Gasteiger partial charge in [-0.25, -0.2) is 8.42 Å². The van der Waals surface area contributed by atoms with Crippen molar-refractivity contribution in [2.75, 3.05) is 0 Å². The Labute approximate surface area is 105 Å². The highest BCUT2D eigenvalue weighted by Gasteiger charge is 2.63. The lowest BCUT2D eigenvalue weighted by atomic mass is 10.2. The van der Waals surface area contributed by atoms with Gasteiger partial charge in [-0.3, -0.25) is 0 Å². The topological polar surface area (TPSA) is 59.2 Å². The van der Waals surface area contributed by atoms with E-state index in [1.807, 2.05) is 0 Å². The summed E-state index contributed by atoms with van der Waals surface area (Å²) in [6.45, 7) is 0. The molecule has 1 aliphatic heterocycles. The average Bonchev–Trinajstić information content (AvgIpc) is 3.23. The van der Waals surface area contributed by atoms with Gasteiger partial charge in [0.2, 0.25) is 9.84 Å². The second-order valence-electron chi connectivity index (χ2n) is 3.91. The molecule has 0 spiro atoms. The van der Waals surface area contributed by atoms with Gasteiger partial charge in [-0.1, -0.05) is 48.5 Å². The predicted molar refractivity (Wildman–Crippen MR) is 63.9 cm³/mol. The van der Waals surface area contributed by atoms with Crippen LogP contribution in [0.5, 0.6) is 0 Å². The van der Waals surface area contributed by atoms with Crippen LogP contribution in [0.15, 0.2) is 65.6 Å². The molecular formula is C13H10O4S. The first-order valence-corrected chi connectivity index (χ1v) is 6.87. The Morgan fingerprint density at radius 1 is 0.778 bits per heavy atom. The minimum absolute atomic E-state index is 0.173. The molecule has 92 valence electrons. The van der Waals surface area contributed by atoms with Crippen LogP contribution < -0.4 is 0 Å². The van der Waals surface area contributed by atoms with E-state index >= 15 is 0 Å². The first kappa shape index (κ1) is 11.4. The zero-order valence-electron chi connectivity index (χ0n) is 9.31. The van der Waals surface area contributed by atoms with E-state index in [1.54, 1.807) is 48.5 Å². The Bertz CT molecular complexity index is 646. The van der Waals surface area contributed by atoms with Crippen molar-refractivity contribution in [2.45, 2.75) is 10.0 Å². The van der Waals surface area contributed by atoms with E-state index in [0.717, 1.165) is 0 Å². The van der Waals surface area contributed by atoms with E-state index in [4.69, 9.17) is 9.78 Å². The SMILES string of the molecule is O=S(=O)(c1ccccc1)C1(c2ccccc2)OO1. The van der Waals surface area contributed by atoms with Crippen molar-refractivity contribution in [1.82, 2.24) is 0 Å². The summed E-state index contributed by atoms with van der Waals surface area (Å²) in [5.74, 6) is 0. The highest BCUT2D eigenvalue weighted by molar-refractivity contribution is 7.92. The van der Waals surface area contributed by atoms with Gasteiger partial charge >= 0.3 is 5.12 Å². The quantitative estimate of drug-likeness (QED) is 0.628. The van der Waals surface area contributed by atoms with Crippen molar-refractivity contribution in [2.24, 2.45) is 0 Å². The van der Waals surface area contributed by atoms with Gasteiger partial charge in [-0.15, -0.1) is 0 Å². The van der Waals surface area contributed by atoms with Crippen LogP contribution >= 0.6 is 0 Å². The number of rotatable bonds is 3. The zero-order chi connectivity index (χ0) is 12.6. The maximum absolute atomic E-state index is 12.5. The first-order valence-electron chi connectivity index (χ1n) is 5.39. The number of sulfone groups is 1. The molecule has 18 heavy (non-hydrogen) atoms. The summed E-state index contributed by atoms with van der Waals surface area (Å²) in [7, 11) is -3.72. The molecule has 2 aromatic carbocycles. The number of hydrogen-bond donors (Lipinski definition) is 0. The van der Waals surface area contributed by atoms with Gasteiger partial charge in [0.1, 0.15) is 0 Å². The summed E-state index contributed by atoms with van der Waals surface area (Å²) in [6.07, 6.45) is 0. The van der Waals surface area contributed by atoms with Gasteiger partial charge in [0, 0.05) is 5.56 Å². The van der Waals surface area contributed by atoms with Crippen LogP contribution in [0.4, 0.5) is 0 Å². The van der Waals surface area contributed by atoms with E-state index in [9.17, 15) is 8.42 Å². The van der Waals surface area contributed by atoms with Gasteiger partial charge < -0.3 is 0 Å². The molecule has 5 heteroatoms. The van der Waals surface area contributed by atoms with Crippen LogP contribution in [0.25, 0.3) is 0 Å². The lowest BCUT2D eigenvalue weighted by molar-refractivity contribution is 0.0850. The molecule has 1 aliphatic rings. The molecule has 0 atom stereocenters. The third kappa shape index (κ3) is 1.56. The maximum atomic E-state index is 12.5. The Morgan fingerprint density at radius 3 is 1.78 bits per heavy atom. The second-order valence-corrected chi connectivity index (χ2v) is 5.92. The van der Waals surface area contributed by atoms with Crippen LogP contribution in [-0.4, -0.2) is 8.42 Å². The van der Waals surface area contributed by atoms with Crippen molar-refractivity contribution in [3.05, 3.63) is 66.2 Å². The summed E-state index contributed by atoms with van der Waals surface area (Å²) < 4.78 is 24.9. The molecule has 0 amide bonds. The lowest BCUT2D eigenvalue weighted by Gasteiger charge is -2.09. The summed E-state index contributed by atoms with van der Waals surface area (Å²) in [5.41, 5.74) is 0.467. The Morgan fingerprint density at radius 2 is 1.28 bits per heavy atom. The molecule has 0 radical (unpaired) electrons. The third-order valence-electron chi connectivity index (χ3n) is 2.77. The van der Waals surface area contributed by atoms with Crippen LogP contribution in [0, 0.1) is 0 Å². The smallest absolute Gasteiger partial charge is 0.217 e. The normalized spacial score (nSPS) is 17.3. The van der Waals surface area contributed by atoms with Gasteiger partial charge in [-0.05, 0) is 12.1 Å². The van der Waals surface area contributed by atoms with Crippen molar-refractivity contribution in [3.63, 3.8) is 0 Å². The Balaban J connectivity index is 2.11. The minimum Gasteiger partial charge on any atom is -0.217 e. The average molecular weight is 262 g/mol. The predicted octanol–water partition coefficient (Wildman–Crippen LogP) is 2.23. The molecule has 4 nitrogen and oxygen atoms in total. The van der Waals surface area contributed by atoms with Crippen LogP contribution in [-0.2, 0) is 24.7 Å². The molecule has 0 unspecified atom stereocenters. The summed E-state index contributed by atoms with van der Waals surface area (Å²) in [4.78, 5) is 9.80. The summed E-state index contributed by atoms with van der Waals surface area (Å²) in [6, 6.07) is 16.7. The van der Waals surface area contributed by atoms with Gasteiger partial charge in [0.15, 0.2) is 0 Å². The summed E-state index contributed by atoms with van der Waals surface area (Å²) >= 11 is 0. The molecule has 1 fully saturated rings. The molecule has 0 saturated carbocycles. The molecule has 2 aromatic rings. The van der Waals surface area contributed by atoms with E-state index in [-0.39, 0.29) is 4.90 Å². The van der Waals surface area contributed by atoms with Crippen molar-refractivity contribution < 1.29 is 18.2 Å². The fourth-order valence-corrected chi connectivity index (χ4v) is 3.26. The second kappa shape index (κ2) is 3.91. The van der Waals surface area contributed by atoms with Crippen molar-refractivity contribution >= 4 is 9.84 Å². The Kier molecular flexibility index (Phi) is 2.48. The highest BCUT2D eigenvalue weighted by Crippen LogP contribution is 2.48. The van der Waals surface area contributed by atoms with Crippen LogP contribution in [0.1, 0.15) is 5.56 Å². The molecule has 0 N–H and O–H groups in total. The third-order valence-corrected chi connectivity index (χ3v) is 4.74.